The van der Waals surface area contributed by atoms with Crippen molar-refractivity contribution < 1.29 is 95.8 Å². The van der Waals surface area contributed by atoms with Crippen molar-refractivity contribution in [1.29, 1.82) is 0 Å². The molecule has 0 heterocycles. The van der Waals surface area contributed by atoms with Gasteiger partial charge in [0.1, 0.15) is 0 Å². The van der Waals surface area contributed by atoms with E-state index in [0.29, 0.717) is 32.1 Å². The van der Waals surface area contributed by atoms with Crippen LogP contribution in [0.1, 0.15) is 98.8 Å². The van der Waals surface area contributed by atoms with E-state index in [0.717, 1.165) is 0 Å². The van der Waals surface area contributed by atoms with Crippen molar-refractivity contribution in [3.63, 3.8) is 0 Å². The molecule has 0 spiro atoms. The Morgan fingerprint density at radius 3 is 0.406 bits per heavy atom. The Morgan fingerprint density at radius 1 is 0.312 bits per heavy atom. The minimum atomic E-state index is -1.60. The first-order chi connectivity index (χ1) is 13.9. The molecule has 0 rings (SSSR count). The summed E-state index contributed by atoms with van der Waals surface area (Å²) in [6.45, 7) is 9.11. The van der Waals surface area contributed by atoms with Crippen molar-refractivity contribution in [2.24, 2.45) is 0 Å². The molecule has 0 amide bonds. The smallest absolute Gasteiger partial charge is 0.865 e. The SMILES string of the molecule is CCCC([O-])[O-].CCCC([O-])[O-].CCCC([O-])[O-].CCCC([O-])[O-].CCCC([O-])[O-].[Ta+5].[Ta+5]. The van der Waals surface area contributed by atoms with Crippen LogP contribution in [0, 0.1) is 0 Å². The summed E-state index contributed by atoms with van der Waals surface area (Å²) in [7, 11) is 0. The van der Waals surface area contributed by atoms with E-state index in [9.17, 15) is 51.1 Å². The van der Waals surface area contributed by atoms with Gasteiger partial charge < -0.3 is 51.1 Å². The van der Waals surface area contributed by atoms with Crippen LogP contribution in [0.25, 0.3) is 0 Å². The van der Waals surface area contributed by atoms with Crippen LogP contribution in [-0.2, 0) is 44.8 Å². The van der Waals surface area contributed by atoms with Crippen LogP contribution >= 0.6 is 0 Å². The van der Waals surface area contributed by atoms with Gasteiger partial charge in [-0.2, -0.15) is 0 Å². The zero-order valence-corrected chi connectivity index (χ0v) is 26.4. The van der Waals surface area contributed by atoms with E-state index in [1.807, 2.05) is 34.6 Å². The molecule has 0 saturated heterocycles. The van der Waals surface area contributed by atoms with Crippen LogP contribution in [-0.4, -0.2) is 31.5 Å². The molecule has 12 heteroatoms. The molecule has 190 valence electrons. The summed E-state index contributed by atoms with van der Waals surface area (Å²) < 4.78 is 0. The van der Waals surface area contributed by atoms with Gasteiger partial charge in [0.05, 0.1) is 0 Å². The largest absolute Gasteiger partial charge is 5.00 e. The summed E-state index contributed by atoms with van der Waals surface area (Å²) in [5.41, 5.74) is 0. The molecule has 0 aliphatic heterocycles. The summed E-state index contributed by atoms with van der Waals surface area (Å²) in [5, 5.41) is 95.7. The Hall–Kier alpha value is 1.08. The van der Waals surface area contributed by atoms with Crippen molar-refractivity contribution in [3.05, 3.63) is 0 Å². The van der Waals surface area contributed by atoms with Crippen LogP contribution < -0.4 is 51.1 Å². The second-order valence-corrected chi connectivity index (χ2v) is 6.09. The molecule has 0 saturated carbocycles. The summed E-state index contributed by atoms with van der Waals surface area (Å²) in [6, 6.07) is 0. The van der Waals surface area contributed by atoms with Gasteiger partial charge in [0.25, 0.3) is 0 Å². The maximum Gasteiger partial charge on any atom is 5.00 e. The first kappa shape index (κ1) is 50.1. The number of hydrogen-bond acceptors (Lipinski definition) is 10. The van der Waals surface area contributed by atoms with Gasteiger partial charge in [-0.05, 0) is 0 Å². The number of rotatable bonds is 10. The van der Waals surface area contributed by atoms with Crippen LogP contribution in [0.5, 0.6) is 0 Å². The van der Waals surface area contributed by atoms with Gasteiger partial charge in [0.2, 0.25) is 0 Å². The predicted molar refractivity (Wildman–Crippen MR) is 93.5 cm³/mol. The fourth-order valence-corrected chi connectivity index (χ4v) is 1.18. The Kier molecular flexibility index (Phi) is 71.3. The third-order valence-electron chi connectivity index (χ3n) is 2.62. The molecule has 0 aromatic carbocycles. The average Bonchev–Trinajstić information content (AvgIpc) is 2.56. The van der Waals surface area contributed by atoms with Gasteiger partial charge in [0.15, 0.2) is 0 Å². The topological polar surface area (TPSA) is 231 Å². The van der Waals surface area contributed by atoms with Gasteiger partial charge in [-0.25, -0.2) is 31.5 Å². The second-order valence-electron chi connectivity index (χ2n) is 6.09. The Labute approximate surface area is 225 Å². The number of hydrogen-bond donors (Lipinski definition) is 0. The molecule has 0 bridgehead atoms. The minimum absolute atomic E-state index is 0. The van der Waals surface area contributed by atoms with E-state index in [4.69, 9.17) is 0 Å². The van der Waals surface area contributed by atoms with E-state index in [2.05, 4.69) is 0 Å². The average molecular weight is 802 g/mol. The Balaban J connectivity index is -0.0000000481. The normalized spacial score (nSPS) is 9.38. The molecular weight excluding hydrogens is 762 g/mol. The molecule has 0 fully saturated rings. The van der Waals surface area contributed by atoms with E-state index >= 15 is 0 Å². The van der Waals surface area contributed by atoms with E-state index in [1.54, 1.807) is 0 Å². The van der Waals surface area contributed by atoms with Crippen molar-refractivity contribution >= 4 is 0 Å². The first-order valence-electron chi connectivity index (χ1n) is 10.4. The summed E-state index contributed by atoms with van der Waals surface area (Å²) in [5.74, 6) is 0. The molecule has 0 radical (unpaired) electrons. The zero-order chi connectivity index (χ0) is 25.0. The molecule has 10 nitrogen and oxygen atoms in total. The van der Waals surface area contributed by atoms with Gasteiger partial charge in [-0.3, -0.25) is 0 Å². The Bertz CT molecular complexity index is 202. The van der Waals surface area contributed by atoms with Crippen molar-refractivity contribution in [2.75, 3.05) is 0 Å². The third kappa shape index (κ3) is 109. The molecule has 0 aromatic rings. The molecule has 0 aromatic heterocycles. The standard InChI is InChI=1S/5C4H8O2.2Ta/c5*1-2-3-4(5)6;;/h5*4H,2-3H2,1H3;;/q5*-2;2*+5. The fraction of sp³-hybridized carbons (Fsp3) is 1.00. The molecule has 0 unspecified atom stereocenters. The van der Waals surface area contributed by atoms with Crippen LogP contribution in [0.15, 0.2) is 0 Å². The third-order valence-corrected chi connectivity index (χ3v) is 2.62. The van der Waals surface area contributed by atoms with Gasteiger partial charge in [-0.1, -0.05) is 98.8 Å². The summed E-state index contributed by atoms with van der Waals surface area (Å²) >= 11 is 0. The van der Waals surface area contributed by atoms with Crippen molar-refractivity contribution in [1.82, 2.24) is 0 Å². The molecule has 0 atom stereocenters. The molecule has 0 aliphatic carbocycles. The minimum Gasteiger partial charge on any atom is -0.865 e. The maximum atomic E-state index is 9.57. The maximum absolute atomic E-state index is 9.57. The monoisotopic (exact) mass is 802 g/mol. The van der Waals surface area contributed by atoms with E-state index < -0.39 is 31.5 Å². The predicted octanol–water partition coefficient (Wildman–Crippen LogP) is -5.84. The van der Waals surface area contributed by atoms with Crippen molar-refractivity contribution in [3.8, 4) is 0 Å². The quantitative estimate of drug-likeness (QED) is 0.190. The zero-order valence-electron chi connectivity index (χ0n) is 19.9. The Morgan fingerprint density at radius 2 is 0.406 bits per heavy atom. The molecule has 32 heavy (non-hydrogen) atoms. The molecular formula is C20H40O10Ta2. The molecule has 0 aliphatic rings. The van der Waals surface area contributed by atoms with Crippen LogP contribution in [0.2, 0.25) is 0 Å². The summed E-state index contributed by atoms with van der Waals surface area (Å²) in [6.07, 6.45) is -3.16. The molecule has 0 N–H and O–H groups in total. The van der Waals surface area contributed by atoms with Gasteiger partial charge >= 0.3 is 44.8 Å². The first-order valence-corrected chi connectivity index (χ1v) is 10.4. The van der Waals surface area contributed by atoms with Gasteiger partial charge in [-0.15, -0.1) is 0 Å². The van der Waals surface area contributed by atoms with Crippen LogP contribution in [0.3, 0.4) is 0 Å². The van der Waals surface area contributed by atoms with Gasteiger partial charge in [0, 0.05) is 0 Å². The van der Waals surface area contributed by atoms with Crippen molar-refractivity contribution in [2.45, 2.75) is 130 Å². The van der Waals surface area contributed by atoms with E-state index in [1.165, 1.54) is 0 Å². The van der Waals surface area contributed by atoms with Crippen LogP contribution in [0.4, 0.5) is 0 Å². The fourth-order valence-electron chi connectivity index (χ4n) is 1.18. The summed E-state index contributed by atoms with van der Waals surface area (Å²) in [4.78, 5) is 0. The second kappa shape index (κ2) is 45.6. The van der Waals surface area contributed by atoms with E-state index in [-0.39, 0.29) is 76.9 Å².